The number of hydrogen-bond acceptors (Lipinski definition) is 3. The molecular formula is C13H15NOS. The van der Waals surface area contributed by atoms with Crippen molar-refractivity contribution in [1.29, 1.82) is 0 Å². The maximum absolute atomic E-state index is 5.44. The summed E-state index contributed by atoms with van der Waals surface area (Å²) in [5, 5.41) is 3.10. The molecule has 0 atom stereocenters. The molecule has 0 spiro atoms. The molecular weight excluding hydrogens is 218 g/mol. The molecule has 2 rings (SSSR count). The first-order valence-electron chi connectivity index (χ1n) is 5.19. The number of rotatable bonds is 2. The van der Waals surface area contributed by atoms with Gasteiger partial charge in [-0.1, -0.05) is 6.07 Å². The quantitative estimate of drug-likeness (QED) is 0.788. The lowest BCUT2D eigenvalue weighted by molar-refractivity contribution is 0.416. The fraction of sp³-hybridized carbons (Fsp3) is 0.308. The summed E-state index contributed by atoms with van der Waals surface area (Å²) in [6, 6.07) is 4.22. The van der Waals surface area contributed by atoms with Gasteiger partial charge in [0, 0.05) is 11.1 Å². The Morgan fingerprint density at radius 3 is 2.50 bits per heavy atom. The van der Waals surface area contributed by atoms with Gasteiger partial charge in [0.2, 0.25) is 0 Å². The zero-order chi connectivity index (χ0) is 11.7. The number of aromatic nitrogens is 1. The summed E-state index contributed by atoms with van der Waals surface area (Å²) in [5.41, 5.74) is 4.60. The number of methoxy groups -OCH3 is 1. The van der Waals surface area contributed by atoms with E-state index in [1.807, 2.05) is 6.92 Å². The molecule has 0 aliphatic carbocycles. The summed E-state index contributed by atoms with van der Waals surface area (Å²) in [6.45, 7) is 6.18. The molecule has 0 aliphatic rings. The largest absolute Gasteiger partial charge is 0.496 e. The molecule has 0 bridgehead atoms. The van der Waals surface area contributed by atoms with Gasteiger partial charge in [0.15, 0.2) is 0 Å². The van der Waals surface area contributed by atoms with E-state index in [0.717, 1.165) is 22.0 Å². The molecule has 2 nitrogen and oxygen atoms in total. The van der Waals surface area contributed by atoms with E-state index in [9.17, 15) is 0 Å². The van der Waals surface area contributed by atoms with Gasteiger partial charge >= 0.3 is 0 Å². The molecule has 0 radical (unpaired) electrons. The summed E-state index contributed by atoms with van der Waals surface area (Å²) in [4.78, 5) is 4.52. The maximum Gasteiger partial charge on any atom is 0.129 e. The summed E-state index contributed by atoms with van der Waals surface area (Å²) in [6.07, 6.45) is 0. The van der Waals surface area contributed by atoms with Gasteiger partial charge in [-0.15, -0.1) is 11.3 Å². The topological polar surface area (TPSA) is 22.1 Å². The van der Waals surface area contributed by atoms with Crippen LogP contribution in [0.5, 0.6) is 5.75 Å². The van der Waals surface area contributed by atoms with E-state index in [1.54, 1.807) is 18.4 Å². The van der Waals surface area contributed by atoms with Crippen molar-refractivity contribution in [3.8, 4) is 16.3 Å². The smallest absolute Gasteiger partial charge is 0.129 e. The van der Waals surface area contributed by atoms with E-state index in [-0.39, 0.29) is 0 Å². The van der Waals surface area contributed by atoms with E-state index in [1.165, 1.54) is 11.1 Å². The minimum atomic E-state index is 0.909. The summed E-state index contributed by atoms with van der Waals surface area (Å²) < 4.78 is 5.44. The Balaban J connectivity index is 2.63. The van der Waals surface area contributed by atoms with Crippen molar-refractivity contribution in [1.82, 2.24) is 4.98 Å². The number of aryl methyl sites for hydroxylation is 3. The van der Waals surface area contributed by atoms with Crippen molar-refractivity contribution in [2.45, 2.75) is 20.8 Å². The maximum atomic E-state index is 5.44. The molecule has 0 N–H and O–H groups in total. The van der Waals surface area contributed by atoms with Gasteiger partial charge in [0.05, 0.1) is 12.7 Å². The number of nitrogens with zero attached hydrogens (tertiary/aromatic N) is 1. The molecule has 16 heavy (non-hydrogen) atoms. The molecule has 0 saturated carbocycles. The lowest BCUT2D eigenvalue weighted by Crippen LogP contribution is -1.92. The van der Waals surface area contributed by atoms with Crippen LogP contribution in [0.3, 0.4) is 0 Å². The Kier molecular flexibility index (Phi) is 2.97. The van der Waals surface area contributed by atoms with Crippen molar-refractivity contribution in [2.75, 3.05) is 7.11 Å². The SMILES string of the molecule is COc1cc(C)cc(C)c1-c1nc(C)cs1. The van der Waals surface area contributed by atoms with E-state index in [0.29, 0.717) is 0 Å². The summed E-state index contributed by atoms with van der Waals surface area (Å²) in [5.74, 6) is 0.909. The molecule has 0 fully saturated rings. The van der Waals surface area contributed by atoms with Crippen LogP contribution >= 0.6 is 11.3 Å². The van der Waals surface area contributed by atoms with Crippen molar-refractivity contribution in [3.05, 3.63) is 34.3 Å². The highest BCUT2D eigenvalue weighted by molar-refractivity contribution is 7.13. The summed E-state index contributed by atoms with van der Waals surface area (Å²) in [7, 11) is 1.71. The van der Waals surface area contributed by atoms with Gasteiger partial charge in [-0.2, -0.15) is 0 Å². The van der Waals surface area contributed by atoms with Crippen LogP contribution in [0.4, 0.5) is 0 Å². The Bertz CT molecular complexity index is 517. The van der Waals surface area contributed by atoms with Crippen LogP contribution < -0.4 is 4.74 Å². The normalized spacial score (nSPS) is 10.5. The predicted molar refractivity (Wildman–Crippen MR) is 68.3 cm³/mol. The Hall–Kier alpha value is -1.35. The Labute approximate surface area is 99.9 Å². The van der Waals surface area contributed by atoms with Crippen LogP contribution in [0.15, 0.2) is 17.5 Å². The minimum Gasteiger partial charge on any atom is -0.496 e. The average molecular weight is 233 g/mol. The van der Waals surface area contributed by atoms with Gasteiger partial charge in [-0.25, -0.2) is 4.98 Å². The second-order valence-corrected chi connectivity index (χ2v) is 4.81. The van der Waals surface area contributed by atoms with E-state index in [4.69, 9.17) is 4.74 Å². The highest BCUT2D eigenvalue weighted by Crippen LogP contribution is 2.35. The average Bonchev–Trinajstić information content (AvgIpc) is 2.63. The fourth-order valence-electron chi connectivity index (χ4n) is 1.83. The first kappa shape index (κ1) is 11.1. The molecule has 84 valence electrons. The molecule has 1 aromatic carbocycles. The van der Waals surface area contributed by atoms with Gasteiger partial charge in [-0.05, 0) is 38.0 Å². The van der Waals surface area contributed by atoms with Crippen LogP contribution in [0.1, 0.15) is 16.8 Å². The molecule has 0 unspecified atom stereocenters. The van der Waals surface area contributed by atoms with E-state index >= 15 is 0 Å². The predicted octanol–water partition coefficient (Wildman–Crippen LogP) is 3.74. The highest BCUT2D eigenvalue weighted by atomic mass is 32.1. The standard InChI is InChI=1S/C13H15NOS/c1-8-5-9(2)12(11(6-8)15-4)13-14-10(3)7-16-13/h5-7H,1-4H3. The Morgan fingerprint density at radius 1 is 1.19 bits per heavy atom. The van der Waals surface area contributed by atoms with Crippen molar-refractivity contribution in [2.24, 2.45) is 0 Å². The molecule has 0 aliphatic heterocycles. The first-order valence-corrected chi connectivity index (χ1v) is 6.07. The lowest BCUT2D eigenvalue weighted by Gasteiger charge is -2.10. The molecule has 3 heteroatoms. The minimum absolute atomic E-state index is 0.909. The molecule has 2 aromatic rings. The zero-order valence-electron chi connectivity index (χ0n) is 10.00. The number of benzene rings is 1. The van der Waals surface area contributed by atoms with Gasteiger partial charge in [0.25, 0.3) is 0 Å². The molecule has 0 amide bonds. The van der Waals surface area contributed by atoms with Gasteiger partial charge in [-0.3, -0.25) is 0 Å². The number of ether oxygens (including phenoxy) is 1. The first-order chi connectivity index (χ1) is 7.61. The zero-order valence-corrected chi connectivity index (χ0v) is 10.8. The van der Waals surface area contributed by atoms with Crippen molar-refractivity contribution in [3.63, 3.8) is 0 Å². The van der Waals surface area contributed by atoms with Gasteiger partial charge < -0.3 is 4.74 Å². The lowest BCUT2D eigenvalue weighted by atomic mass is 10.0. The number of hydrogen-bond donors (Lipinski definition) is 0. The third-order valence-corrected chi connectivity index (χ3v) is 3.47. The van der Waals surface area contributed by atoms with Crippen LogP contribution in [-0.2, 0) is 0 Å². The van der Waals surface area contributed by atoms with Crippen molar-refractivity contribution >= 4 is 11.3 Å². The van der Waals surface area contributed by atoms with Crippen molar-refractivity contribution < 1.29 is 4.74 Å². The van der Waals surface area contributed by atoms with Crippen LogP contribution in [0.25, 0.3) is 10.6 Å². The second-order valence-electron chi connectivity index (χ2n) is 3.95. The van der Waals surface area contributed by atoms with E-state index < -0.39 is 0 Å². The number of thiazole rings is 1. The monoisotopic (exact) mass is 233 g/mol. The molecule has 1 aromatic heterocycles. The second kappa shape index (κ2) is 4.26. The van der Waals surface area contributed by atoms with Crippen LogP contribution in [-0.4, -0.2) is 12.1 Å². The highest BCUT2D eigenvalue weighted by Gasteiger charge is 2.12. The van der Waals surface area contributed by atoms with Gasteiger partial charge in [0.1, 0.15) is 10.8 Å². The third-order valence-electron chi connectivity index (χ3n) is 2.50. The van der Waals surface area contributed by atoms with Crippen LogP contribution in [0.2, 0.25) is 0 Å². The fourth-order valence-corrected chi connectivity index (χ4v) is 2.74. The van der Waals surface area contributed by atoms with E-state index in [2.05, 4.69) is 36.3 Å². The third kappa shape index (κ3) is 1.95. The van der Waals surface area contributed by atoms with Crippen LogP contribution in [0, 0.1) is 20.8 Å². The molecule has 0 saturated heterocycles. The summed E-state index contributed by atoms with van der Waals surface area (Å²) >= 11 is 1.66. The molecule has 1 heterocycles. The Morgan fingerprint density at radius 2 is 1.94 bits per heavy atom.